The van der Waals surface area contributed by atoms with E-state index in [4.69, 9.17) is 14.9 Å². The molecular weight excluding hydrogens is 330 g/mol. The predicted octanol–water partition coefficient (Wildman–Crippen LogP) is 1.71. The molecule has 1 heterocycles. The second-order valence-electron chi connectivity index (χ2n) is 6.21. The van der Waals surface area contributed by atoms with Crippen molar-refractivity contribution in [3.63, 3.8) is 0 Å². The van der Waals surface area contributed by atoms with E-state index < -0.39 is 23.4 Å². The largest absolute Gasteiger partial charge is 0.481 e. The van der Waals surface area contributed by atoms with Crippen LogP contribution in [0.2, 0.25) is 0 Å². The van der Waals surface area contributed by atoms with Gasteiger partial charge in [0.15, 0.2) is 11.4 Å². The SMILES string of the molecule is CC1(C)Oc2ccc(C(=O)CCC(=O)O)cc2N(CCC(=O)O)C1=O. The molecule has 0 radical (unpaired) electrons. The van der Waals surface area contributed by atoms with E-state index in [2.05, 4.69) is 0 Å². The lowest BCUT2D eigenvalue weighted by Crippen LogP contribution is -2.53. The lowest BCUT2D eigenvalue weighted by molar-refractivity contribution is -0.138. The van der Waals surface area contributed by atoms with Crippen LogP contribution in [0.15, 0.2) is 18.2 Å². The van der Waals surface area contributed by atoms with Gasteiger partial charge in [0.2, 0.25) is 0 Å². The number of carboxylic acids is 2. The molecule has 2 rings (SSSR count). The zero-order chi connectivity index (χ0) is 18.8. The molecule has 1 aliphatic heterocycles. The normalized spacial score (nSPS) is 15.3. The number of benzene rings is 1. The standard InChI is InChI=1S/C17H19NO7/c1-17(2)16(24)18(8-7-15(22)23)11-9-10(3-5-13(11)25-17)12(19)4-6-14(20)21/h3,5,9H,4,6-8H2,1-2H3,(H,20,21)(H,22,23). The number of carbonyl (C=O) groups excluding carboxylic acids is 2. The molecule has 0 aromatic heterocycles. The quantitative estimate of drug-likeness (QED) is 0.719. The first-order chi connectivity index (χ1) is 11.6. The van der Waals surface area contributed by atoms with Gasteiger partial charge in [-0.1, -0.05) is 0 Å². The second kappa shape index (κ2) is 6.92. The molecule has 0 atom stereocenters. The van der Waals surface area contributed by atoms with Crippen LogP contribution >= 0.6 is 0 Å². The summed E-state index contributed by atoms with van der Waals surface area (Å²) in [5.74, 6) is -2.54. The molecular formula is C17H19NO7. The summed E-state index contributed by atoms with van der Waals surface area (Å²) >= 11 is 0. The van der Waals surface area contributed by atoms with Gasteiger partial charge in [0.05, 0.1) is 18.5 Å². The van der Waals surface area contributed by atoms with Crippen LogP contribution < -0.4 is 9.64 Å². The Morgan fingerprint density at radius 2 is 1.72 bits per heavy atom. The van der Waals surface area contributed by atoms with Gasteiger partial charge in [-0.05, 0) is 32.0 Å². The molecule has 0 spiro atoms. The van der Waals surface area contributed by atoms with E-state index in [9.17, 15) is 19.2 Å². The van der Waals surface area contributed by atoms with Crippen LogP contribution in [0.5, 0.6) is 5.75 Å². The van der Waals surface area contributed by atoms with E-state index in [-0.39, 0.29) is 37.2 Å². The highest BCUT2D eigenvalue weighted by Crippen LogP contribution is 2.38. The fourth-order valence-corrected chi connectivity index (χ4v) is 2.54. The van der Waals surface area contributed by atoms with Gasteiger partial charge in [-0.2, -0.15) is 0 Å². The molecule has 0 fully saturated rings. The van der Waals surface area contributed by atoms with Crippen LogP contribution in [0.3, 0.4) is 0 Å². The van der Waals surface area contributed by atoms with E-state index >= 15 is 0 Å². The first kappa shape index (κ1) is 18.4. The maximum Gasteiger partial charge on any atom is 0.305 e. The average Bonchev–Trinajstić information content (AvgIpc) is 2.52. The molecule has 0 aliphatic carbocycles. The Hall–Kier alpha value is -2.90. The lowest BCUT2D eigenvalue weighted by Gasteiger charge is -2.38. The number of ketones is 1. The maximum absolute atomic E-state index is 12.6. The molecule has 8 heteroatoms. The van der Waals surface area contributed by atoms with Gasteiger partial charge in [0.25, 0.3) is 5.91 Å². The number of nitrogens with zero attached hydrogens (tertiary/aromatic N) is 1. The van der Waals surface area contributed by atoms with E-state index in [0.29, 0.717) is 11.4 Å². The Kier molecular flexibility index (Phi) is 5.10. The van der Waals surface area contributed by atoms with E-state index in [1.54, 1.807) is 13.8 Å². The molecule has 25 heavy (non-hydrogen) atoms. The number of amides is 1. The Labute approximate surface area is 144 Å². The van der Waals surface area contributed by atoms with Crippen molar-refractivity contribution in [3.8, 4) is 5.75 Å². The maximum atomic E-state index is 12.6. The number of anilines is 1. The molecule has 1 aromatic carbocycles. The number of carbonyl (C=O) groups is 4. The summed E-state index contributed by atoms with van der Waals surface area (Å²) in [6.45, 7) is 3.11. The van der Waals surface area contributed by atoms with Gasteiger partial charge in [0, 0.05) is 18.5 Å². The number of aliphatic carboxylic acids is 2. The van der Waals surface area contributed by atoms with Gasteiger partial charge in [0.1, 0.15) is 5.75 Å². The topological polar surface area (TPSA) is 121 Å². The summed E-state index contributed by atoms with van der Waals surface area (Å²) in [5.41, 5.74) is -0.594. The Morgan fingerprint density at radius 3 is 2.32 bits per heavy atom. The van der Waals surface area contributed by atoms with Crippen LogP contribution in [-0.2, 0) is 14.4 Å². The minimum atomic E-state index is -1.15. The van der Waals surface area contributed by atoms with Crippen molar-refractivity contribution < 1.29 is 34.1 Å². The van der Waals surface area contributed by atoms with Crippen molar-refractivity contribution in [3.05, 3.63) is 23.8 Å². The monoisotopic (exact) mass is 349 g/mol. The number of Topliss-reactive ketones (excluding diaryl/α,β-unsaturated/α-hetero) is 1. The van der Waals surface area contributed by atoms with Crippen molar-refractivity contribution in [1.29, 1.82) is 0 Å². The number of ether oxygens (including phenoxy) is 1. The van der Waals surface area contributed by atoms with Crippen molar-refractivity contribution >= 4 is 29.3 Å². The summed E-state index contributed by atoms with van der Waals surface area (Å²) in [6, 6.07) is 4.48. The Bertz CT molecular complexity index is 739. The minimum absolute atomic E-state index is 0.0548. The van der Waals surface area contributed by atoms with Crippen molar-refractivity contribution in [2.45, 2.75) is 38.7 Å². The Morgan fingerprint density at radius 1 is 1.08 bits per heavy atom. The number of carboxylic acid groups (broad SMARTS) is 2. The Balaban J connectivity index is 2.35. The van der Waals surface area contributed by atoms with E-state index in [1.807, 2.05) is 0 Å². The zero-order valence-electron chi connectivity index (χ0n) is 13.9. The predicted molar refractivity (Wildman–Crippen MR) is 87.0 cm³/mol. The molecule has 0 saturated carbocycles. The van der Waals surface area contributed by atoms with Crippen LogP contribution in [0.4, 0.5) is 5.69 Å². The van der Waals surface area contributed by atoms with Crippen LogP contribution in [0.1, 0.15) is 43.5 Å². The molecule has 0 saturated heterocycles. The van der Waals surface area contributed by atoms with Crippen molar-refractivity contribution in [2.24, 2.45) is 0 Å². The summed E-state index contributed by atoms with van der Waals surface area (Å²) in [7, 11) is 0. The average molecular weight is 349 g/mol. The summed E-state index contributed by atoms with van der Waals surface area (Å²) in [5, 5.41) is 17.6. The van der Waals surface area contributed by atoms with E-state index in [1.165, 1.54) is 23.1 Å². The molecule has 8 nitrogen and oxygen atoms in total. The van der Waals surface area contributed by atoms with Crippen LogP contribution in [0, 0.1) is 0 Å². The number of fused-ring (bicyclic) bond motifs is 1. The molecule has 0 unspecified atom stereocenters. The first-order valence-electron chi connectivity index (χ1n) is 7.73. The van der Waals surface area contributed by atoms with Crippen LogP contribution in [-0.4, -0.2) is 46.0 Å². The fourth-order valence-electron chi connectivity index (χ4n) is 2.54. The second-order valence-corrected chi connectivity index (χ2v) is 6.21. The minimum Gasteiger partial charge on any atom is -0.481 e. The zero-order valence-corrected chi connectivity index (χ0v) is 13.9. The molecule has 0 bridgehead atoms. The van der Waals surface area contributed by atoms with Crippen molar-refractivity contribution in [2.75, 3.05) is 11.4 Å². The number of hydrogen-bond donors (Lipinski definition) is 2. The molecule has 1 aliphatic rings. The highest BCUT2D eigenvalue weighted by atomic mass is 16.5. The van der Waals surface area contributed by atoms with Crippen LogP contribution in [0.25, 0.3) is 0 Å². The van der Waals surface area contributed by atoms with Gasteiger partial charge in [-0.25, -0.2) is 0 Å². The van der Waals surface area contributed by atoms with Crippen molar-refractivity contribution in [1.82, 2.24) is 0 Å². The third-order valence-corrected chi connectivity index (χ3v) is 3.81. The molecule has 1 amide bonds. The summed E-state index contributed by atoms with van der Waals surface area (Å²) in [4.78, 5) is 47.4. The molecule has 2 N–H and O–H groups in total. The highest BCUT2D eigenvalue weighted by Gasteiger charge is 2.41. The fraction of sp³-hybridized carbons (Fsp3) is 0.412. The summed E-state index contributed by atoms with van der Waals surface area (Å²) < 4.78 is 5.66. The third-order valence-electron chi connectivity index (χ3n) is 3.81. The molecule has 134 valence electrons. The number of rotatable bonds is 7. The lowest BCUT2D eigenvalue weighted by atomic mass is 10.00. The van der Waals surface area contributed by atoms with E-state index in [0.717, 1.165) is 0 Å². The highest BCUT2D eigenvalue weighted by molar-refractivity contribution is 6.05. The first-order valence-corrected chi connectivity index (χ1v) is 7.73. The number of hydrogen-bond acceptors (Lipinski definition) is 5. The van der Waals surface area contributed by atoms with Gasteiger partial charge < -0.3 is 19.8 Å². The van der Waals surface area contributed by atoms with Gasteiger partial charge in [-0.15, -0.1) is 0 Å². The molecule has 1 aromatic rings. The van der Waals surface area contributed by atoms with Gasteiger partial charge in [-0.3, -0.25) is 19.2 Å². The third kappa shape index (κ3) is 4.14. The summed E-state index contributed by atoms with van der Waals surface area (Å²) in [6.07, 6.45) is -0.705. The smallest absolute Gasteiger partial charge is 0.305 e. The van der Waals surface area contributed by atoms with Gasteiger partial charge >= 0.3 is 11.9 Å².